The van der Waals surface area contributed by atoms with Crippen LogP contribution < -0.4 is 15.8 Å². The van der Waals surface area contributed by atoms with Crippen LogP contribution in [0.5, 0.6) is 5.75 Å². The molecule has 0 saturated heterocycles. The lowest BCUT2D eigenvalue weighted by atomic mass is 9.95. The SMILES string of the molecule is CCCC(CN)(Oc1ccc(C(F)(F)F)cc1)C(O)NCCc1ccccc1. The first kappa shape index (κ1) is 22.2. The minimum absolute atomic E-state index is 0.0152. The molecule has 2 aromatic rings. The van der Waals surface area contributed by atoms with Crippen LogP contribution in [0, 0.1) is 0 Å². The highest BCUT2D eigenvalue weighted by molar-refractivity contribution is 5.29. The molecule has 0 fully saturated rings. The Labute approximate surface area is 163 Å². The minimum Gasteiger partial charge on any atom is -0.482 e. The van der Waals surface area contributed by atoms with Crippen molar-refractivity contribution in [1.29, 1.82) is 0 Å². The number of alkyl halides is 3. The van der Waals surface area contributed by atoms with Crippen LogP contribution >= 0.6 is 0 Å². The first-order valence-electron chi connectivity index (χ1n) is 9.32. The first-order valence-corrected chi connectivity index (χ1v) is 9.32. The molecule has 0 aliphatic carbocycles. The quantitative estimate of drug-likeness (QED) is 0.536. The van der Waals surface area contributed by atoms with E-state index in [1.807, 2.05) is 37.3 Å². The van der Waals surface area contributed by atoms with Gasteiger partial charge in [0.15, 0.2) is 5.60 Å². The van der Waals surface area contributed by atoms with Crippen LogP contribution in [0.3, 0.4) is 0 Å². The van der Waals surface area contributed by atoms with Crippen molar-refractivity contribution in [2.24, 2.45) is 5.73 Å². The Hall–Kier alpha value is -2.09. The maximum Gasteiger partial charge on any atom is 0.416 e. The van der Waals surface area contributed by atoms with E-state index in [1.54, 1.807) is 0 Å². The molecular weight excluding hydrogens is 369 g/mol. The number of ether oxygens (including phenoxy) is 1. The molecule has 0 aliphatic heterocycles. The van der Waals surface area contributed by atoms with Gasteiger partial charge in [-0.05, 0) is 42.7 Å². The van der Waals surface area contributed by atoms with Crippen LogP contribution in [0.2, 0.25) is 0 Å². The molecule has 0 heterocycles. The summed E-state index contributed by atoms with van der Waals surface area (Å²) in [6.45, 7) is 2.45. The molecule has 0 spiro atoms. The molecule has 4 nitrogen and oxygen atoms in total. The van der Waals surface area contributed by atoms with E-state index in [1.165, 1.54) is 12.1 Å². The minimum atomic E-state index is -4.41. The molecule has 0 aliphatic rings. The van der Waals surface area contributed by atoms with E-state index >= 15 is 0 Å². The van der Waals surface area contributed by atoms with Crippen molar-refractivity contribution in [1.82, 2.24) is 5.32 Å². The fourth-order valence-electron chi connectivity index (χ4n) is 3.05. The number of benzene rings is 2. The van der Waals surface area contributed by atoms with Crippen molar-refractivity contribution in [2.45, 2.75) is 44.2 Å². The number of rotatable bonds is 10. The largest absolute Gasteiger partial charge is 0.482 e. The molecule has 0 amide bonds. The summed E-state index contributed by atoms with van der Waals surface area (Å²) in [5.41, 5.74) is 5.16. The average molecular weight is 396 g/mol. The molecular formula is C21H27F3N2O2. The van der Waals surface area contributed by atoms with E-state index in [4.69, 9.17) is 10.5 Å². The second kappa shape index (κ2) is 9.91. The Balaban J connectivity index is 2.06. The molecule has 2 atom stereocenters. The van der Waals surface area contributed by atoms with Crippen molar-refractivity contribution in [3.63, 3.8) is 0 Å². The van der Waals surface area contributed by atoms with Crippen LogP contribution in [0.1, 0.15) is 30.9 Å². The van der Waals surface area contributed by atoms with E-state index in [2.05, 4.69) is 5.32 Å². The molecule has 2 aromatic carbocycles. The van der Waals surface area contributed by atoms with E-state index in [-0.39, 0.29) is 12.3 Å². The van der Waals surface area contributed by atoms with Crippen LogP contribution in [0.15, 0.2) is 54.6 Å². The van der Waals surface area contributed by atoms with Gasteiger partial charge in [-0.2, -0.15) is 13.2 Å². The van der Waals surface area contributed by atoms with Crippen LogP contribution in [0.4, 0.5) is 13.2 Å². The molecule has 0 saturated carbocycles. The summed E-state index contributed by atoms with van der Waals surface area (Å²) in [7, 11) is 0. The highest BCUT2D eigenvalue weighted by Gasteiger charge is 2.38. The molecule has 4 N–H and O–H groups in total. The summed E-state index contributed by atoms with van der Waals surface area (Å²) in [6.07, 6.45) is -3.63. The van der Waals surface area contributed by atoms with Gasteiger partial charge in [0, 0.05) is 13.1 Å². The van der Waals surface area contributed by atoms with Crippen molar-refractivity contribution >= 4 is 0 Å². The number of hydrogen-bond acceptors (Lipinski definition) is 4. The van der Waals surface area contributed by atoms with Crippen molar-refractivity contribution in [2.75, 3.05) is 13.1 Å². The second-order valence-electron chi connectivity index (χ2n) is 6.74. The Kier molecular flexibility index (Phi) is 7.86. The first-order chi connectivity index (χ1) is 13.3. The Morgan fingerprint density at radius 2 is 1.71 bits per heavy atom. The predicted octanol–water partition coefficient (Wildman–Crippen LogP) is 3.73. The predicted molar refractivity (Wildman–Crippen MR) is 103 cm³/mol. The van der Waals surface area contributed by atoms with Gasteiger partial charge < -0.3 is 15.6 Å². The standard InChI is InChI=1S/C21H27F3N2O2/c1-2-13-20(15-25,19(27)26-14-12-16-6-4-3-5-7-16)28-18-10-8-17(9-11-18)21(22,23)24/h3-11,19,26-27H,2,12-15,25H2,1H3. The second-order valence-corrected chi connectivity index (χ2v) is 6.74. The zero-order valence-corrected chi connectivity index (χ0v) is 15.9. The van der Waals surface area contributed by atoms with Gasteiger partial charge in [-0.15, -0.1) is 0 Å². The molecule has 7 heteroatoms. The summed E-state index contributed by atoms with van der Waals surface area (Å²) in [5.74, 6) is 0.232. The van der Waals surface area contributed by atoms with Gasteiger partial charge >= 0.3 is 6.18 Å². The van der Waals surface area contributed by atoms with Crippen LogP contribution in [0.25, 0.3) is 0 Å². The van der Waals surface area contributed by atoms with E-state index in [0.29, 0.717) is 25.8 Å². The van der Waals surface area contributed by atoms with Crippen molar-refractivity contribution < 1.29 is 23.0 Å². The lowest BCUT2D eigenvalue weighted by Gasteiger charge is -2.38. The summed E-state index contributed by atoms with van der Waals surface area (Å²) >= 11 is 0. The van der Waals surface area contributed by atoms with Crippen molar-refractivity contribution in [3.05, 3.63) is 65.7 Å². The van der Waals surface area contributed by atoms with Gasteiger partial charge in [0.1, 0.15) is 12.0 Å². The number of nitrogens with one attached hydrogen (secondary N) is 1. The van der Waals surface area contributed by atoms with Crippen LogP contribution in [-0.2, 0) is 12.6 Å². The van der Waals surface area contributed by atoms with Gasteiger partial charge in [-0.1, -0.05) is 43.7 Å². The normalized spacial score (nSPS) is 15.1. The summed E-state index contributed by atoms with van der Waals surface area (Å²) in [5, 5.41) is 13.8. The summed E-state index contributed by atoms with van der Waals surface area (Å²) < 4.78 is 44.1. The maximum atomic E-state index is 12.7. The molecule has 0 aromatic heterocycles. The van der Waals surface area contributed by atoms with E-state index in [9.17, 15) is 18.3 Å². The Morgan fingerprint density at radius 1 is 1.07 bits per heavy atom. The lowest BCUT2D eigenvalue weighted by Crippen LogP contribution is -2.59. The molecule has 2 rings (SSSR count). The van der Waals surface area contributed by atoms with E-state index < -0.39 is 23.6 Å². The monoisotopic (exact) mass is 396 g/mol. The van der Waals surface area contributed by atoms with Gasteiger partial charge in [0.2, 0.25) is 0 Å². The topological polar surface area (TPSA) is 67.5 Å². The third kappa shape index (κ3) is 5.95. The maximum absolute atomic E-state index is 12.7. The summed E-state index contributed by atoms with van der Waals surface area (Å²) in [6, 6.07) is 14.2. The average Bonchev–Trinajstić information content (AvgIpc) is 2.68. The zero-order valence-electron chi connectivity index (χ0n) is 15.9. The van der Waals surface area contributed by atoms with Gasteiger partial charge in [-0.3, -0.25) is 5.32 Å². The molecule has 2 unspecified atom stereocenters. The van der Waals surface area contributed by atoms with Gasteiger partial charge in [0.05, 0.1) is 5.56 Å². The third-order valence-corrected chi connectivity index (χ3v) is 4.61. The third-order valence-electron chi connectivity index (χ3n) is 4.61. The Morgan fingerprint density at radius 3 is 2.25 bits per heavy atom. The van der Waals surface area contributed by atoms with E-state index in [0.717, 1.165) is 17.7 Å². The number of aliphatic hydroxyl groups is 1. The lowest BCUT2D eigenvalue weighted by molar-refractivity contribution is -0.137. The molecule has 28 heavy (non-hydrogen) atoms. The van der Waals surface area contributed by atoms with Gasteiger partial charge in [-0.25, -0.2) is 0 Å². The number of aliphatic hydroxyl groups excluding tert-OH is 1. The molecule has 0 bridgehead atoms. The highest BCUT2D eigenvalue weighted by atomic mass is 19.4. The summed E-state index contributed by atoms with van der Waals surface area (Å²) in [4.78, 5) is 0. The number of nitrogens with two attached hydrogens (primary N) is 1. The van der Waals surface area contributed by atoms with Gasteiger partial charge in [0.25, 0.3) is 0 Å². The molecule has 154 valence electrons. The molecule has 0 radical (unpaired) electrons. The highest BCUT2D eigenvalue weighted by Crippen LogP contribution is 2.32. The Bertz CT molecular complexity index is 708. The smallest absolute Gasteiger partial charge is 0.416 e. The fourth-order valence-corrected chi connectivity index (χ4v) is 3.05. The van der Waals surface area contributed by atoms with Crippen molar-refractivity contribution in [3.8, 4) is 5.75 Å². The van der Waals surface area contributed by atoms with Crippen LogP contribution in [-0.4, -0.2) is 30.0 Å². The fraction of sp³-hybridized carbons (Fsp3) is 0.429. The number of halogens is 3. The zero-order chi connectivity index (χ0) is 20.6. The number of hydrogen-bond donors (Lipinski definition) is 3.